The second-order valence-corrected chi connectivity index (χ2v) is 4.35. The zero-order valence-electron chi connectivity index (χ0n) is 10.7. The second-order valence-electron chi connectivity index (χ2n) is 4.35. The lowest BCUT2D eigenvalue weighted by Gasteiger charge is -2.28. The molecule has 1 amide bonds. The Morgan fingerprint density at radius 2 is 1.83 bits per heavy atom. The van der Waals surface area contributed by atoms with Crippen molar-refractivity contribution in [3.63, 3.8) is 0 Å². The van der Waals surface area contributed by atoms with Gasteiger partial charge in [0.15, 0.2) is 0 Å². The minimum atomic E-state index is -0.849. The van der Waals surface area contributed by atoms with E-state index in [1.54, 1.807) is 12.1 Å². The van der Waals surface area contributed by atoms with E-state index in [1.165, 1.54) is 19.2 Å². The molecule has 1 rings (SSSR count). The molecule has 18 heavy (non-hydrogen) atoms. The van der Waals surface area contributed by atoms with Gasteiger partial charge in [-0.25, -0.2) is 9.18 Å². The van der Waals surface area contributed by atoms with E-state index >= 15 is 0 Å². The van der Waals surface area contributed by atoms with E-state index in [2.05, 4.69) is 0 Å². The van der Waals surface area contributed by atoms with Crippen molar-refractivity contribution >= 4 is 6.09 Å². The zero-order valence-corrected chi connectivity index (χ0v) is 10.7. The van der Waals surface area contributed by atoms with Gasteiger partial charge in [-0.05, 0) is 23.6 Å². The Kier molecular flexibility index (Phi) is 5.09. The summed E-state index contributed by atoms with van der Waals surface area (Å²) in [7, 11) is 1.51. The van der Waals surface area contributed by atoms with Crippen LogP contribution >= 0.6 is 0 Å². The Morgan fingerprint density at radius 1 is 1.28 bits per heavy atom. The molecule has 1 aromatic carbocycles. The summed E-state index contributed by atoms with van der Waals surface area (Å²) >= 11 is 0. The van der Waals surface area contributed by atoms with E-state index in [9.17, 15) is 9.18 Å². The number of methoxy groups -OCH3 is 1. The minimum Gasteiger partial charge on any atom is -0.443 e. The summed E-state index contributed by atoms with van der Waals surface area (Å²) in [6.45, 7) is 3.78. The van der Waals surface area contributed by atoms with Gasteiger partial charge in [-0.1, -0.05) is 26.0 Å². The zero-order chi connectivity index (χ0) is 13.7. The molecule has 5 heteroatoms. The van der Waals surface area contributed by atoms with Crippen molar-refractivity contribution in [3.05, 3.63) is 35.6 Å². The van der Waals surface area contributed by atoms with Gasteiger partial charge in [-0.2, -0.15) is 0 Å². The topological polar surface area (TPSA) is 61.6 Å². The fraction of sp³-hybridized carbons (Fsp3) is 0.462. The standard InChI is InChI=1S/C13H18FNO3/c1-8(2)11(18-13(15)16)12(17-3)9-4-6-10(14)7-5-9/h4-8,11-12H,1-3H3,(H2,15,16)/t11-,12-/m0/s1. The van der Waals surface area contributed by atoms with Gasteiger partial charge in [0.25, 0.3) is 0 Å². The number of carbonyl (C=O) groups is 1. The van der Waals surface area contributed by atoms with Crippen molar-refractivity contribution in [3.8, 4) is 0 Å². The van der Waals surface area contributed by atoms with Crippen molar-refractivity contribution in [2.45, 2.75) is 26.1 Å². The minimum absolute atomic E-state index is 0.0208. The predicted octanol–water partition coefficient (Wildman–Crippen LogP) is 2.63. The molecule has 4 nitrogen and oxygen atoms in total. The van der Waals surface area contributed by atoms with Gasteiger partial charge in [-0.15, -0.1) is 0 Å². The van der Waals surface area contributed by atoms with E-state index < -0.39 is 18.3 Å². The molecule has 2 N–H and O–H groups in total. The fourth-order valence-electron chi connectivity index (χ4n) is 1.79. The quantitative estimate of drug-likeness (QED) is 0.879. The van der Waals surface area contributed by atoms with Crippen molar-refractivity contribution in [2.24, 2.45) is 11.7 Å². The number of hydrogen-bond donors (Lipinski definition) is 1. The third-order valence-electron chi connectivity index (χ3n) is 2.66. The molecule has 0 saturated carbocycles. The molecule has 0 unspecified atom stereocenters. The summed E-state index contributed by atoms with van der Waals surface area (Å²) < 4.78 is 23.3. The summed E-state index contributed by atoms with van der Waals surface area (Å²) in [5.41, 5.74) is 5.78. The normalized spacial score (nSPS) is 14.3. The predicted molar refractivity (Wildman–Crippen MR) is 65.4 cm³/mol. The number of amides is 1. The SMILES string of the molecule is CO[C@@H](c1ccc(F)cc1)[C@@H](OC(N)=O)C(C)C. The summed E-state index contributed by atoms with van der Waals surface area (Å²) in [4.78, 5) is 10.9. The van der Waals surface area contributed by atoms with E-state index in [0.29, 0.717) is 0 Å². The van der Waals surface area contributed by atoms with Crippen molar-refractivity contribution < 1.29 is 18.7 Å². The van der Waals surface area contributed by atoms with Gasteiger partial charge < -0.3 is 15.2 Å². The molecule has 0 aliphatic rings. The lowest BCUT2D eigenvalue weighted by Crippen LogP contribution is -2.33. The Labute approximate surface area is 106 Å². The highest BCUT2D eigenvalue weighted by atomic mass is 19.1. The Morgan fingerprint density at radius 3 is 2.22 bits per heavy atom. The van der Waals surface area contributed by atoms with Crippen LogP contribution in [0.15, 0.2) is 24.3 Å². The Balaban J connectivity index is 2.97. The van der Waals surface area contributed by atoms with Gasteiger partial charge in [0, 0.05) is 7.11 Å². The first-order valence-corrected chi connectivity index (χ1v) is 5.70. The van der Waals surface area contributed by atoms with Crippen LogP contribution in [0.1, 0.15) is 25.5 Å². The molecule has 0 aliphatic heterocycles. The van der Waals surface area contributed by atoms with Crippen LogP contribution < -0.4 is 5.73 Å². The lowest BCUT2D eigenvalue weighted by atomic mass is 9.96. The third kappa shape index (κ3) is 3.70. The van der Waals surface area contributed by atoms with E-state index in [0.717, 1.165) is 5.56 Å². The highest BCUT2D eigenvalue weighted by Gasteiger charge is 2.29. The number of carbonyl (C=O) groups excluding carboxylic acids is 1. The molecule has 2 atom stereocenters. The monoisotopic (exact) mass is 255 g/mol. The smallest absolute Gasteiger partial charge is 0.404 e. The number of benzene rings is 1. The van der Waals surface area contributed by atoms with Crippen molar-refractivity contribution in [1.29, 1.82) is 0 Å². The van der Waals surface area contributed by atoms with Gasteiger partial charge in [0.2, 0.25) is 0 Å². The van der Waals surface area contributed by atoms with Gasteiger partial charge >= 0.3 is 6.09 Å². The molecular weight excluding hydrogens is 237 g/mol. The average Bonchev–Trinajstić information content (AvgIpc) is 2.30. The Hall–Kier alpha value is -1.62. The molecular formula is C13H18FNO3. The number of hydrogen-bond acceptors (Lipinski definition) is 3. The van der Waals surface area contributed by atoms with E-state index in [4.69, 9.17) is 15.2 Å². The molecule has 0 fully saturated rings. The highest BCUT2D eigenvalue weighted by Crippen LogP contribution is 2.27. The number of ether oxygens (including phenoxy) is 2. The van der Waals surface area contributed by atoms with Gasteiger partial charge in [0.05, 0.1) is 0 Å². The summed E-state index contributed by atoms with van der Waals surface area (Å²) in [5, 5.41) is 0. The molecule has 0 aliphatic carbocycles. The molecule has 0 aromatic heterocycles. The number of nitrogens with two attached hydrogens (primary N) is 1. The van der Waals surface area contributed by atoms with Crippen LogP contribution in [0.2, 0.25) is 0 Å². The maximum atomic E-state index is 12.9. The Bertz CT molecular complexity index is 392. The van der Waals surface area contributed by atoms with Crippen molar-refractivity contribution in [2.75, 3.05) is 7.11 Å². The summed E-state index contributed by atoms with van der Waals surface area (Å²) in [6, 6.07) is 5.87. The molecule has 1 aromatic rings. The van der Waals surface area contributed by atoms with Crippen LogP contribution in [0.5, 0.6) is 0 Å². The number of rotatable bonds is 5. The summed E-state index contributed by atoms with van der Waals surface area (Å²) in [5.74, 6) is -0.307. The first-order valence-electron chi connectivity index (χ1n) is 5.70. The third-order valence-corrected chi connectivity index (χ3v) is 2.66. The van der Waals surface area contributed by atoms with E-state index in [-0.39, 0.29) is 11.7 Å². The second kappa shape index (κ2) is 6.35. The summed E-state index contributed by atoms with van der Waals surface area (Å²) in [6.07, 6.45) is -1.84. The fourth-order valence-corrected chi connectivity index (χ4v) is 1.79. The highest BCUT2D eigenvalue weighted by molar-refractivity contribution is 5.64. The van der Waals surface area contributed by atoms with Crippen LogP contribution in [0.25, 0.3) is 0 Å². The van der Waals surface area contributed by atoms with Crippen LogP contribution in [0.4, 0.5) is 9.18 Å². The molecule has 0 spiro atoms. The van der Waals surface area contributed by atoms with Crippen LogP contribution in [-0.4, -0.2) is 19.3 Å². The van der Waals surface area contributed by atoms with Crippen LogP contribution in [-0.2, 0) is 9.47 Å². The van der Waals surface area contributed by atoms with Crippen molar-refractivity contribution in [1.82, 2.24) is 0 Å². The number of primary amides is 1. The van der Waals surface area contributed by atoms with Gasteiger partial charge in [0.1, 0.15) is 18.0 Å². The first-order chi connectivity index (χ1) is 8.45. The van der Waals surface area contributed by atoms with Gasteiger partial charge in [-0.3, -0.25) is 0 Å². The number of halogens is 1. The average molecular weight is 255 g/mol. The molecule has 0 heterocycles. The first kappa shape index (κ1) is 14.4. The molecule has 0 saturated heterocycles. The maximum absolute atomic E-state index is 12.9. The van der Waals surface area contributed by atoms with Crippen LogP contribution in [0, 0.1) is 11.7 Å². The van der Waals surface area contributed by atoms with E-state index in [1.807, 2.05) is 13.8 Å². The maximum Gasteiger partial charge on any atom is 0.404 e. The largest absolute Gasteiger partial charge is 0.443 e. The van der Waals surface area contributed by atoms with Crippen LogP contribution in [0.3, 0.4) is 0 Å². The molecule has 0 radical (unpaired) electrons. The lowest BCUT2D eigenvalue weighted by molar-refractivity contribution is -0.0424. The molecule has 0 bridgehead atoms. The molecule has 100 valence electrons.